The Hall–Kier alpha value is -3.14. The highest BCUT2D eigenvalue weighted by atomic mass is 32.3. The number of aliphatic hydroxyl groups excluding tert-OH is 5. The first kappa shape index (κ1) is 89.5. The molecule has 5 rings (SSSR count). The van der Waals surface area contributed by atoms with E-state index in [1.165, 1.54) is 18.8 Å². The van der Waals surface area contributed by atoms with Crippen LogP contribution >= 0.6 is 0 Å². The van der Waals surface area contributed by atoms with Gasteiger partial charge in [0.2, 0.25) is 5.91 Å². The standard InChI is InChI=1S/C45H79N3O47S7/c1-18(49)46-33-27(91-30(16-88-100(71,72)73)45(2,17-81-4)42(33)54)11-84-7-21-35(51)37(53)28(92-39(21)43(55)56)12-83-6-20-24(15-87-99(68,69)70)90-26(32(48-97(62,63)64)38(20)94-101(74,75)76)10-85-8-22-36(52)41(95-102(77,78)79)29(93-40(22)44(57)58)13-82-5-19-23(14-86-98(65,66)67)89-25(9-80-3)31(34(19)50)47-96(59,60)61/h19-42,47-48,50-54H,5-17H2,1-4H3,(H,46,49)(H,55,56)(H,57,58)(H,59,60,61)(H,62,63,64)(H,65,66,67)(H,68,69,70)(H,71,72,73)(H,74,75,76)(H,77,78,79). The number of aliphatic carboxylic acids is 2. The fraction of sp³-hybridized carbons (Fsp3) is 0.933. The van der Waals surface area contributed by atoms with Gasteiger partial charge in [-0.2, -0.15) is 68.4 Å². The first-order chi connectivity index (χ1) is 46.8. The quantitative estimate of drug-likeness (QED) is 0.0253. The van der Waals surface area contributed by atoms with Crippen molar-refractivity contribution in [2.24, 2.45) is 29.1 Å². The minimum atomic E-state index is -5.93. The molecule has 0 spiro atoms. The van der Waals surface area contributed by atoms with E-state index in [0.29, 0.717) is 0 Å². The average molecular weight is 1640 g/mol. The van der Waals surface area contributed by atoms with Crippen LogP contribution in [0.3, 0.4) is 0 Å². The Morgan fingerprint density at radius 1 is 0.402 bits per heavy atom. The van der Waals surface area contributed by atoms with Gasteiger partial charge in [0, 0.05) is 50.2 Å². The summed E-state index contributed by atoms with van der Waals surface area (Å²) in [6.07, 6.45) is -35.1. The number of rotatable bonds is 40. The second-order valence-corrected chi connectivity index (χ2v) is 31.4. The molecule has 25 atom stereocenters. The van der Waals surface area contributed by atoms with Crippen molar-refractivity contribution in [2.45, 2.75) is 136 Å². The van der Waals surface area contributed by atoms with Crippen LogP contribution in [-0.4, -0.2) is 366 Å². The Balaban J connectivity index is 1.37. The van der Waals surface area contributed by atoms with Crippen molar-refractivity contribution in [3.05, 3.63) is 0 Å². The zero-order valence-corrected chi connectivity index (χ0v) is 58.9. The first-order valence-corrected chi connectivity index (χ1v) is 38.8. The van der Waals surface area contributed by atoms with Crippen molar-refractivity contribution in [1.82, 2.24) is 14.8 Å². The molecule has 0 aromatic carbocycles. The van der Waals surface area contributed by atoms with Crippen molar-refractivity contribution >= 4 is 90.4 Å². The van der Waals surface area contributed by atoms with E-state index in [1.54, 1.807) is 4.72 Å². The summed E-state index contributed by atoms with van der Waals surface area (Å²) in [6.45, 7) is -10.8. The summed E-state index contributed by atoms with van der Waals surface area (Å²) in [5.74, 6) is -12.3. The SMILES string of the molecule is COCC1OC(COS(=O)(=O)O)C(COCC2OC(C(=O)O)C(COCC3OC(COS(=O)(=O)O)C(COCC4OC(C(=O)O)C(COCC5OC(COS(=O)(=O)O)C(C)(COC)C(O)C5NC(C)=O)C(O)C4O)C(OS(=O)(=O)O)C3NS(=O)(=O)O)C(O)C2OS(=O)(=O)O)C(O)C1NS(=O)(=O)O. The minimum absolute atomic E-state index is 0.357. The van der Waals surface area contributed by atoms with Crippen molar-refractivity contribution in [2.75, 3.05) is 100 Å². The number of nitrogens with one attached hydrogen (secondary N) is 3. The second-order valence-electron chi connectivity index (χ2n) is 23.6. The van der Waals surface area contributed by atoms with Gasteiger partial charge in [0.05, 0.1) is 147 Å². The highest BCUT2D eigenvalue weighted by Crippen LogP contribution is 2.40. The molecule has 57 heteroatoms. The predicted octanol–water partition coefficient (Wildman–Crippen LogP) is -10.5. The molecule has 0 aromatic heterocycles. The van der Waals surface area contributed by atoms with Crippen LogP contribution in [0.4, 0.5) is 0 Å². The van der Waals surface area contributed by atoms with Gasteiger partial charge < -0.3 is 93.2 Å². The van der Waals surface area contributed by atoms with Crippen LogP contribution in [0.1, 0.15) is 13.8 Å². The lowest BCUT2D eigenvalue weighted by molar-refractivity contribution is -0.242. The lowest BCUT2D eigenvalue weighted by Crippen LogP contribution is -2.68. The Kier molecular flexibility index (Phi) is 32.3. The van der Waals surface area contributed by atoms with Gasteiger partial charge >= 0.3 is 84.5 Å². The highest BCUT2D eigenvalue weighted by molar-refractivity contribution is 7.84. The highest BCUT2D eigenvalue weighted by Gasteiger charge is 2.57. The summed E-state index contributed by atoms with van der Waals surface area (Å²) in [7, 11) is -36.2. The molecular weight excluding hydrogens is 1560 g/mol. The number of carboxylic acid groups (broad SMARTS) is 2. The third-order valence-corrected chi connectivity index (χ3v) is 19.8. The molecule has 5 saturated heterocycles. The Bertz CT molecular complexity index is 3620. The summed E-state index contributed by atoms with van der Waals surface area (Å²) in [6, 6.07) is -5.73. The topological polar surface area (TPSA) is 757 Å². The van der Waals surface area contributed by atoms with E-state index >= 15 is 0 Å². The molecule has 102 heavy (non-hydrogen) atoms. The van der Waals surface area contributed by atoms with Crippen LogP contribution in [0, 0.1) is 29.1 Å². The van der Waals surface area contributed by atoms with Gasteiger partial charge in [0.25, 0.3) is 0 Å². The molecule has 0 aliphatic carbocycles. The maximum atomic E-state index is 12.8. The number of hydrogen-bond donors (Lipinski definition) is 17. The molecule has 5 fully saturated rings. The van der Waals surface area contributed by atoms with E-state index in [4.69, 9.17) is 56.3 Å². The lowest BCUT2D eigenvalue weighted by Gasteiger charge is -2.51. The zero-order valence-electron chi connectivity index (χ0n) is 53.1. The van der Waals surface area contributed by atoms with Crippen LogP contribution < -0.4 is 14.8 Å². The Labute approximate surface area is 581 Å². The van der Waals surface area contributed by atoms with Gasteiger partial charge in [-0.1, -0.05) is 6.92 Å². The van der Waals surface area contributed by atoms with Crippen LogP contribution in [-0.2, 0) is 160 Å². The smallest absolute Gasteiger partial charge is 0.397 e. The summed E-state index contributed by atoms with van der Waals surface area (Å²) in [5, 5.41) is 80.2. The van der Waals surface area contributed by atoms with Crippen molar-refractivity contribution in [3.63, 3.8) is 0 Å². The molecule has 25 unspecified atom stereocenters. The van der Waals surface area contributed by atoms with Crippen LogP contribution in [0.25, 0.3) is 0 Å². The molecule has 0 aromatic rings. The van der Waals surface area contributed by atoms with Gasteiger partial charge in [0.15, 0.2) is 12.2 Å². The van der Waals surface area contributed by atoms with E-state index in [-0.39, 0.29) is 6.61 Å². The Morgan fingerprint density at radius 3 is 1.25 bits per heavy atom. The van der Waals surface area contributed by atoms with Gasteiger partial charge in [-0.3, -0.25) is 36.7 Å². The number of carbonyl (C=O) groups excluding carboxylic acids is 1. The number of ether oxygens (including phenoxy) is 11. The van der Waals surface area contributed by atoms with Crippen LogP contribution in [0.5, 0.6) is 0 Å². The third-order valence-electron chi connectivity index (χ3n) is 16.4. The summed E-state index contributed by atoms with van der Waals surface area (Å²) < 4.78 is 322. The van der Waals surface area contributed by atoms with E-state index in [0.717, 1.165) is 14.0 Å². The number of carboxylic acids is 2. The molecular formula is C45H79N3O47S7. The zero-order chi connectivity index (χ0) is 77.2. The van der Waals surface area contributed by atoms with E-state index in [1.807, 2.05) is 0 Å². The van der Waals surface area contributed by atoms with Gasteiger partial charge in [-0.25, -0.2) is 30.5 Å². The van der Waals surface area contributed by atoms with Crippen LogP contribution in [0.2, 0.25) is 0 Å². The fourth-order valence-corrected chi connectivity index (χ4v) is 15.2. The molecule has 5 aliphatic rings. The Morgan fingerprint density at radius 2 is 0.804 bits per heavy atom. The second kappa shape index (κ2) is 36.8. The third kappa shape index (κ3) is 26.9. The molecule has 1 amide bonds. The van der Waals surface area contributed by atoms with E-state index in [2.05, 4.69) is 22.0 Å². The molecule has 0 bridgehead atoms. The number of amides is 1. The predicted molar refractivity (Wildman–Crippen MR) is 318 cm³/mol. The largest absolute Gasteiger partial charge is 0.479 e. The number of hydrogen-bond acceptors (Lipinski definition) is 38. The van der Waals surface area contributed by atoms with Crippen molar-refractivity contribution < 1.29 is 214 Å². The number of methoxy groups -OCH3 is 2. The summed E-state index contributed by atoms with van der Waals surface area (Å²) in [4.78, 5) is 37.8. The van der Waals surface area contributed by atoms with Crippen molar-refractivity contribution in [3.8, 4) is 0 Å². The molecule has 50 nitrogen and oxygen atoms in total. The monoisotopic (exact) mass is 1640 g/mol. The summed E-state index contributed by atoms with van der Waals surface area (Å²) in [5.41, 5.74) is -1.57. The molecule has 598 valence electrons. The molecule has 17 N–H and O–H groups in total. The van der Waals surface area contributed by atoms with Gasteiger partial charge in [0.1, 0.15) is 48.8 Å². The molecule has 0 radical (unpaired) electrons. The molecule has 5 aliphatic heterocycles. The van der Waals surface area contributed by atoms with Crippen LogP contribution in [0.15, 0.2) is 0 Å². The van der Waals surface area contributed by atoms with Crippen molar-refractivity contribution in [1.29, 1.82) is 0 Å². The fourth-order valence-electron chi connectivity index (χ4n) is 12.0. The average Bonchev–Trinajstić information content (AvgIpc) is 0.775. The van der Waals surface area contributed by atoms with E-state index in [9.17, 15) is 141 Å². The summed E-state index contributed by atoms with van der Waals surface area (Å²) >= 11 is 0. The number of carbonyl (C=O) groups is 3. The maximum absolute atomic E-state index is 12.8. The van der Waals surface area contributed by atoms with E-state index < -0.39 is 321 Å². The molecule has 0 saturated carbocycles. The van der Waals surface area contributed by atoms with Gasteiger partial charge in [-0.15, -0.1) is 0 Å². The maximum Gasteiger partial charge on any atom is 0.397 e. The number of aliphatic hydroxyl groups is 5. The first-order valence-electron chi connectivity index (χ1n) is 29.1. The minimum Gasteiger partial charge on any atom is -0.479 e. The molecule has 5 heterocycles. The normalized spacial score (nSPS) is 36.3. The van der Waals surface area contributed by atoms with Gasteiger partial charge in [-0.05, 0) is 0 Å². The lowest BCUT2D eigenvalue weighted by atomic mass is 9.73.